The summed E-state index contributed by atoms with van der Waals surface area (Å²) in [4.78, 5) is 11.9. The van der Waals surface area contributed by atoms with Crippen molar-refractivity contribution in [1.82, 2.24) is 0 Å². The van der Waals surface area contributed by atoms with Crippen molar-refractivity contribution >= 4 is 5.97 Å². The Morgan fingerprint density at radius 3 is 2.58 bits per heavy atom. The predicted octanol–water partition coefficient (Wildman–Crippen LogP) is 4.79. The van der Waals surface area contributed by atoms with Crippen molar-refractivity contribution < 1.29 is 9.90 Å². The fourth-order valence-electron chi connectivity index (χ4n) is 3.99. The van der Waals surface area contributed by atoms with Crippen LogP contribution in [0.3, 0.4) is 0 Å². The first kappa shape index (κ1) is 14.6. The molecule has 0 aromatic carbocycles. The number of unbranched alkanes of at least 4 members (excludes halogenated alkanes) is 1. The number of aliphatic carboxylic acids is 1. The van der Waals surface area contributed by atoms with Crippen LogP contribution in [0, 0.1) is 17.3 Å². The largest absolute Gasteiger partial charge is 0.481 e. The van der Waals surface area contributed by atoms with Gasteiger partial charge < -0.3 is 5.11 Å². The Labute approximate surface area is 117 Å². The van der Waals surface area contributed by atoms with E-state index in [-0.39, 0.29) is 5.92 Å². The van der Waals surface area contributed by atoms with Crippen molar-refractivity contribution in [3.05, 3.63) is 12.2 Å². The topological polar surface area (TPSA) is 37.3 Å². The Hall–Kier alpha value is -0.790. The standard InChI is InChI=1S/C17H28O2/c1-2-3-7-14-10-12-17(13-11-14,16(18)19)15-8-5-4-6-9-15/h5,8,14-15H,2-4,6-7,9-13H2,1H3,(H,18,19). The molecule has 2 heteroatoms. The third-order valence-electron chi connectivity index (χ3n) is 5.35. The maximum atomic E-state index is 11.9. The van der Waals surface area contributed by atoms with E-state index in [1.165, 1.54) is 19.3 Å². The minimum atomic E-state index is -0.544. The zero-order valence-electron chi connectivity index (χ0n) is 12.2. The molecule has 1 saturated carbocycles. The lowest BCUT2D eigenvalue weighted by molar-refractivity contribution is -0.155. The van der Waals surface area contributed by atoms with Crippen LogP contribution in [0.5, 0.6) is 0 Å². The van der Waals surface area contributed by atoms with Crippen molar-refractivity contribution in [3.63, 3.8) is 0 Å². The van der Waals surface area contributed by atoms with Crippen LogP contribution in [0.25, 0.3) is 0 Å². The Morgan fingerprint density at radius 1 is 1.32 bits per heavy atom. The van der Waals surface area contributed by atoms with Crippen molar-refractivity contribution in [2.24, 2.45) is 17.3 Å². The molecular formula is C17H28O2. The lowest BCUT2D eigenvalue weighted by Crippen LogP contribution is -2.41. The number of carbonyl (C=O) groups is 1. The molecule has 1 unspecified atom stereocenters. The highest BCUT2D eigenvalue weighted by atomic mass is 16.4. The fourth-order valence-corrected chi connectivity index (χ4v) is 3.99. The molecule has 2 nitrogen and oxygen atoms in total. The Morgan fingerprint density at radius 2 is 2.05 bits per heavy atom. The van der Waals surface area contributed by atoms with Crippen LogP contribution in [-0.4, -0.2) is 11.1 Å². The summed E-state index contributed by atoms with van der Waals surface area (Å²) in [6, 6.07) is 0. The van der Waals surface area contributed by atoms with Gasteiger partial charge in [-0.3, -0.25) is 4.79 Å². The van der Waals surface area contributed by atoms with Crippen LogP contribution in [-0.2, 0) is 4.79 Å². The first-order valence-electron chi connectivity index (χ1n) is 8.09. The van der Waals surface area contributed by atoms with E-state index in [9.17, 15) is 9.90 Å². The maximum absolute atomic E-state index is 11.9. The Balaban J connectivity index is 2.00. The first-order chi connectivity index (χ1) is 9.19. The number of rotatable bonds is 5. The van der Waals surface area contributed by atoms with E-state index in [1.807, 2.05) is 0 Å². The van der Waals surface area contributed by atoms with Gasteiger partial charge in [0.25, 0.3) is 0 Å². The van der Waals surface area contributed by atoms with Gasteiger partial charge >= 0.3 is 5.97 Å². The molecule has 1 N–H and O–H groups in total. The summed E-state index contributed by atoms with van der Waals surface area (Å²) >= 11 is 0. The van der Waals surface area contributed by atoms with Crippen LogP contribution in [0.4, 0.5) is 0 Å². The first-order valence-corrected chi connectivity index (χ1v) is 8.09. The molecule has 0 aromatic heterocycles. The average molecular weight is 264 g/mol. The minimum absolute atomic E-state index is 0.283. The fraction of sp³-hybridized carbons (Fsp3) is 0.824. The van der Waals surface area contributed by atoms with Crippen molar-refractivity contribution in [1.29, 1.82) is 0 Å². The molecule has 0 aliphatic heterocycles. The van der Waals surface area contributed by atoms with Gasteiger partial charge in [-0.2, -0.15) is 0 Å². The van der Waals surface area contributed by atoms with Gasteiger partial charge in [-0.25, -0.2) is 0 Å². The summed E-state index contributed by atoms with van der Waals surface area (Å²) < 4.78 is 0. The number of hydrogen-bond donors (Lipinski definition) is 1. The SMILES string of the molecule is CCCCC1CCC(C(=O)O)(C2C=CCCC2)CC1. The molecule has 0 radical (unpaired) electrons. The molecule has 19 heavy (non-hydrogen) atoms. The van der Waals surface area contributed by atoms with Crippen LogP contribution < -0.4 is 0 Å². The number of hydrogen-bond acceptors (Lipinski definition) is 1. The van der Waals surface area contributed by atoms with Crippen LogP contribution >= 0.6 is 0 Å². The highest BCUT2D eigenvalue weighted by Gasteiger charge is 2.46. The molecule has 0 heterocycles. The van der Waals surface area contributed by atoms with E-state index < -0.39 is 11.4 Å². The average Bonchev–Trinajstić information content (AvgIpc) is 2.46. The molecule has 1 atom stereocenters. The third kappa shape index (κ3) is 3.21. The molecule has 0 bridgehead atoms. The van der Waals surface area contributed by atoms with Crippen LogP contribution in [0.1, 0.15) is 71.1 Å². The van der Waals surface area contributed by atoms with E-state index in [2.05, 4.69) is 19.1 Å². The highest BCUT2D eigenvalue weighted by molar-refractivity contribution is 5.75. The summed E-state index contributed by atoms with van der Waals surface area (Å²) in [5, 5.41) is 9.77. The van der Waals surface area contributed by atoms with Crippen molar-refractivity contribution in [3.8, 4) is 0 Å². The molecule has 1 fully saturated rings. The van der Waals surface area contributed by atoms with Gasteiger partial charge in [0.15, 0.2) is 0 Å². The normalized spacial score (nSPS) is 35.2. The predicted molar refractivity (Wildman–Crippen MR) is 78.0 cm³/mol. The molecule has 0 amide bonds. The number of carboxylic acid groups (broad SMARTS) is 1. The molecule has 0 spiro atoms. The van der Waals surface area contributed by atoms with E-state index in [0.717, 1.165) is 50.9 Å². The van der Waals surface area contributed by atoms with Gasteiger partial charge in [-0.15, -0.1) is 0 Å². The van der Waals surface area contributed by atoms with E-state index in [1.54, 1.807) is 0 Å². The Bertz CT molecular complexity index is 324. The molecular weight excluding hydrogens is 236 g/mol. The lowest BCUT2D eigenvalue weighted by atomic mass is 9.61. The molecule has 0 saturated heterocycles. The van der Waals surface area contributed by atoms with E-state index >= 15 is 0 Å². The van der Waals surface area contributed by atoms with Gasteiger partial charge in [0.1, 0.15) is 0 Å². The minimum Gasteiger partial charge on any atom is -0.481 e. The van der Waals surface area contributed by atoms with Gasteiger partial charge in [-0.05, 0) is 56.8 Å². The smallest absolute Gasteiger partial charge is 0.310 e. The summed E-state index contributed by atoms with van der Waals surface area (Å²) in [6.45, 7) is 2.23. The van der Waals surface area contributed by atoms with Crippen LogP contribution in [0.2, 0.25) is 0 Å². The molecule has 2 aliphatic carbocycles. The lowest BCUT2D eigenvalue weighted by Gasteiger charge is -2.42. The second-order valence-corrected chi connectivity index (χ2v) is 6.51. The number of allylic oxidation sites excluding steroid dienone is 2. The molecule has 2 rings (SSSR count). The van der Waals surface area contributed by atoms with Gasteiger partial charge in [0.05, 0.1) is 5.41 Å². The quantitative estimate of drug-likeness (QED) is 0.725. The van der Waals surface area contributed by atoms with Crippen LogP contribution in [0.15, 0.2) is 12.2 Å². The van der Waals surface area contributed by atoms with Gasteiger partial charge in [0, 0.05) is 0 Å². The monoisotopic (exact) mass is 264 g/mol. The van der Waals surface area contributed by atoms with E-state index in [0.29, 0.717) is 0 Å². The van der Waals surface area contributed by atoms with Gasteiger partial charge in [-0.1, -0.05) is 38.3 Å². The summed E-state index contributed by atoms with van der Waals surface area (Å²) in [5.41, 5.74) is -0.445. The van der Waals surface area contributed by atoms with Gasteiger partial charge in [0.2, 0.25) is 0 Å². The summed E-state index contributed by atoms with van der Waals surface area (Å²) in [7, 11) is 0. The second-order valence-electron chi connectivity index (χ2n) is 6.51. The molecule has 2 aliphatic rings. The molecule has 0 aromatic rings. The number of carboxylic acids is 1. The summed E-state index contributed by atoms with van der Waals surface area (Å²) in [6.07, 6.45) is 15.6. The van der Waals surface area contributed by atoms with Crippen molar-refractivity contribution in [2.45, 2.75) is 71.1 Å². The Kier molecular flexibility index (Phi) is 5.06. The van der Waals surface area contributed by atoms with E-state index in [4.69, 9.17) is 0 Å². The molecule has 108 valence electrons. The van der Waals surface area contributed by atoms with Crippen molar-refractivity contribution in [2.75, 3.05) is 0 Å². The third-order valence-corrected chi connectivity index (χ3v) is 5.35. The highest BCUT2D eigenvalue weighted by Crippen LogP contribution is 2.48. The summed E-state index contributed by atoms with van der Waals surface area (Å²) in [5.74, 6) is 0.517. The zero-order chi connectivity index (χ0) is 13.7. The maximum Gasteiger partial charge on any atom is 0.310 e. The zero-order valence-corrected chi connectivity index (χ0v) is 12.2. The second kappa shape index (κ2) is 6.58.